The summed E-state index contributed by atoms with van der Waals surface area (Å²) >= 11 is 0. The number of hydrogen-bond donors (Lipinski definition) is 2. The number of likely N-dealkylation sites (tertiary alicyclic amines) is 1. The molecule has 0 bridgehead atoms. The lowest BCUT2D eigenvalue weighted by molar-refractivity contribution is 0.181. The van der Waals surface area contributed by atoms with Crippen LogP contribution in [0.4, 0.5) is 4.79 Å². The molecule has 4 heteroatoms. The molecular formula is C13H19N3O. The molecule has 2 rings (SSSR count). The molecule has 4 nitrogen and oxygen atoms in total. The van der Waals surface area contributed by atoms with Gasteiger partial charge in [0, 0.05) is 25.7 Å². The molecule has 17 heavy (non-hydrogen) atoms. The van der Waals surface area contributed by atoms with Gasteiger partial charge in [-0.25, -0.2) is 4.79 Å². The molecule has 0 aliphatic carbocycles. The molecule has 1 unspecified atom stereocenters. The summed E-state index contributed by atoms with van der Waals surface area (Å²) in [6.45, 7) is 2.36. The topological polar surface area (TPSA) is 58.4 Å². The van der Waals surface area contributed by atoms with Crippen molar-refractivity contribution in [3.05, 3.63) is 35.9 Å². The summed E-state index contributed by atoms with van der Waals surface area (Å²) in [4.78, 5) is 12.8. The van der Waals surface area contributed by atoms with Crippen LogP contribution in [0.25, 0.3) is 0 Å². The van der Waals surface area contributed by atoms with Gasteiger partial charge in [0.2, 0.25) is 0 Å². The second kappa shape index (κ2) is 5.68. The first-order valence-corrected chi connectivity index (χ1v) is 6.07. The highest BCUT2D eigenvalue weighted by Crippen LogP contribution is 2.10. The molecule has 3 N–H and O–H groups in total. The Morgan fingerprint density at radius 1 is 1.41 bits per heavy atom. The highest BCUT2D eigenvalue weighted by molar-refractivity contribution is 5.72. The molecule has 0 radical (unpaired) electrons. The second-order valence-corrected chi connectivity index (χ2v) is 4.49. The van der Waals surface area contributed by atoms with E-state index in [1.807, 2.05) is 18.2 Å². The van der Waals surface area contributed by atoms with E-state index in [0.29, 0.717) is 6.04 Å². The summed E-state index contributed by atoms with van der Waals surface area (Å²) in [5.41, 5.74) is 6.56. The number of hydrogen-bond acceptors (Lipinski definition) is 2. The molecule has 1 aromatic carbocycles. The van der Waals surface area contributed by atoms with E-state index in [0.717, 1.165) is 32.5 Å². The van der Waals surface area contributed by atoms with Crippen molar-refractivity contribution in [2.24, 2.45) is 5.73 Å². The highest BCUT2D eigenvalue weighted by atomic mass is 16.2. The number of nitrogens with two attached hydrogens (primary N) is 1. The van der Waals surface area contributed by atoms with Crippen molar-refractivity contribution in [3.63, 3.8) is 0 Å². The van der Waals surface area contributed by atoms with Crippen LogP contribution in [0.2, 0.25) is 0 Å². The van der Waals surface area contributed by atoms with Crippen molar-refractivity contribution in [3.8, 4) is 0 Å². The number of nitrogens with one attached hydrogen (secondary N) is 1. The summed E-state index contributed by atoms with van der Waals surface area (Å²) in [6.07, 6.45) is 2.13. The Balaban J connectivity index is 1.81. The third kappa shape index (κ3) is 3.46. The standard InChI is InChI=1S/C13H19N3O/c14-13(17)16-8-4-7-12(10-16)15-9-11-5-2-1-3-6-11/h1-3,5-6,12,15H,4,7-10H2,(H2,14,17). The Hall–Kier alpha value is -1.55. The number of piperidine rings is 1. The molecule has 1 aliphatic rings. The summed E-state index contributed by atoms with van der Waals surface area (Å²) in [6, 6.07) is 10.3. The Morgan fingerprint density at radius 3 is 2.88 bits per heavy atom. The first kappa shape index (κ1) is 11.9. The predicted octanol–water partition coefficient (Wildman–Crippen LogP) is 1.32. The zero-order valence-corrected chi connectivity index (χ0v) is 9.93. The minimum atomic E-state index is -0.309. The maximum Gasteiger partial charge on any atom is 0.314 e. The van der Waals surface area contributed by atoms with E-state index < -0.39 is 0 Å². The van der Waals surface area contributed by atoms with Crippen LogP contribution in [-0.4, -0.2) is 30.1 Å². The number of urea groups is 1. The van der Waals surface area contributed by atoms with E-state index in [-0.39, 0.29) is 6.03 Å². The quantitative estimate of drug-likeness (QED) is 0.827. The van der Waals surface area contributed by atoms with E-state index >= 15 is 0 Å². The molecule has 1 aliphatic heterocycles. The molecule has 92 valence electrons. The number of primary amides is 1. The average Bonchev–Trinajstić information content (AvgIpc) is 2.38. The van der Waals surface area contributed by atoms with Gasteiger partial charge in [-0.1, -0.05) is 30.3 Å². The molecule has 1 heterocycles. The number of rotatable bonds is 3. The van der Waals surface area contributed by atoms with Gasteiger partial charge in [0.1, 0.15) is 0 Å². The molecular weight excluding hydrogens is 214 g/mol. The van der Waals surface area contributed by atoms with Crippen molar-refractivity contribution in [1.82, 2.24) is 10.2 Å². The van der Waals surface area contributed by atoms with E-state index in [1.165, 1.54) is 5.56 Å². The zero-order chi connectivity index (χ0) is 12.1. The van der Waals surface area contributed by atoms with Crippen LogP contribution in [0.15, 0.2) is 30.3 Å². The van der Waals surface area contributed by atoms with Crippen LogP contribution in [0.1, 0.15) is 18.4 Å². The van der Waals surface area contributed by atoms with Crippen LogP contribution in [0.3, 0.4) is 0 Å². The van der Waals surface area contributed by atoms with Gasteiger partial charge in [-0.3, -0.25) is 0 Å². The van der Waals surface area contributed by atoms with Gasteiger partial charge in [-0.15, -0.1) is 0 Å². The van der Waals surface area contributed by atoms with Gasteiger partial charge in [-0.2, -0.15) is 0 Å². The molecule has 0 aromatic heterocycles. The van der Waals surface area contributed by atoms with Gasteiger partial charge < -0.3 is 16.0 Å². The Bertz CT molecular complexity index is 366. The largest absolute Gasteiger partial charge is 0.351 e. The van der Waals surface area contributed by atoms with Crippen molar-refractivity contribution in [2.75, 3.05) is 13.1 Å². The zero-order valence-electron chi connectivity index (χ0n) is 9.93. The first-order valence-electron chi connectivity index (χ1n) is 6.07. The molecule has 1 fully saturated rings. The van der Waals surface area contributed by atoms with Gasteiger partial charge in [0.05, 0.1) is 0 Å². The van der Waals surface area contributed by atoms with Crippen molar-refractivity contribution < 1.29 is 4.79 Å². The monoisotopic (exact) mass is 233 g/mol. The average molecular weight is 233 g/mol. The normalized spacial score (nSPS) is 20.2. The van der Waals surface area contributed by atoms with Gasteiger partial charge in [-0.05, 0) is 18.4 Å². The maximum absolute atomic E-state index is 11.1. The van der Waals surface area contributed by atoms with Crippen LogP contribution >= 0.6 is 0 Å². The lowest BCUT2D eigenvalue weighted by atomic mass is 10.1. The van der Waals surface area contributed by atoms with Crippen LogP contribution in [0, 0.1) is 0 Å². The van der Waals surface area contributed by atoms with Crippen LogP contribution in [-0.2, 0) is 6.54 Å². The van der Waals surface area contributed by atoms with Crippen LogP contribution < -0.4 is 11.1 Å². The summed E-state index contributed by atoms with van der Waals surface area (Å²) < 4.78 is 0. The Labute approximate surface area is 102 Å². The maximum atomic E-state index is 11.1. The minimum absolute atomic E-state index is 0.309. The summed E-state index contributed by atoms with van der Waals surface area (Å²) in [5.74, 6) is 0. The number of benzene rings is 1. The lowest BCUT2D eigenvalue weighted by Gasteiger charge is -2.32. The van der Waals surface area contributed by atoms with E-state index in [1.54, 1.807) is 4.90 Å². The summed E-state index contributed by atoms with van der Waals surface area (Å²) in [5, 5.41) is 3.47. The molecule has 2 amide bonds. The number of carbonyl (C=O) groups excluding carboxylic acids is 1. The van der Waals surface area contributed by atoms with Crippen molar-refractivity contribution >= 4 is 6.03 Å². The Kier molecular flexibility index (Phi) is 3.98. The molecule has 0 saturated carbocycles. The van der Waals surface area contributed by atoms with E-state index in [2.05, 4.69) is 17.4 Å². The lowest BCUT2D eigenvalue weighted by Crippen LogP contribution is -2.49. The molecule has 1 atom stereocenters. The van der Waals surface area contributed by atoms with Crippen molar-refractivity contribution in [2.45, 2.75) is 25.4 Å². The van der Waals surface area contributed by atoms with Gasteiger partial charge >= 0.3 is 6.03 Å². The summed E-state index contributed by atoms with van der Waals surface area (Å²) in [7, 11) is 0. The first-order chi connectivity index (χ1) is 8.25. The van der Waals surface area contributed by atoms with Crippen molar-refractivity contribution in [1.29, 1.82) is 0 Å². The fourth-order valence-corrected chi connectivity index (χ4v) is 2.20. The van der Waals surface area contributed by atoms with E-state index in [9.17, 15) is 4.79 Å². The molecule has 1 aromatic rings. The number of carbonyl (C=O) groups is 1. The fraction of sp³-hybridized carbons (Fsp3) is 0.462. The number of nitrogens with zero attached hydrogens (tertiary/aromatic N) is 1. The Morgan fingerprint density at radius 2 is 2.18 bits per heavy atom. The predicted molar refractivity (Wildman–Crippen MR) is 67.5 cm³/mol. The third-order valence-electron chi connectivity index (χ3n) is 3.17. The molecule has 0 spiro atoms. The smallest absolute Gasteiger partial charge is 0.314 e. The number of amides is 2. The fourth-order valence-electron chi connectivity index (χ4n) is 2.20. The third-order valence-corrected chi connectivity index (χ3v) is 3.17. The highest BCUT2D eigenvalue weighted by Gasteiger charge is 2.21. The molecule has 1 saturated heterocycles. The van der Waals surface area contributed by atoms with Gasteiger partial charge in [0.15, 0.2) is 0 Å². The van der Waals surface area contributed by atoms with E-state index in [4.69, 9.17) is 5.73 Å². The second-order valence-electron chi connectivity index (χ2n) is 4.49. The minimum Gasteiger partial charge on any atom is -0.351 e. The van der Waals surface area contributed by atoms with Crippen LogP contribution in [0.5, 0.6) is 0 Å². The SMILES string of the molecule is NC(=O)N1CCCC(NCc2ccccc2)C1. The van der Waals surface area contributed by atoms with Gasteiger partial charge in [0.25, 0.3) is 0 Å².